The van der Waals surface area contributed by atoms with Gasteiger partial charge in [-0.05, 0) is 35.5 Å². The maximum absolute atomic E-state index is 5.82. The molecule has 0 saturated carbocycles. The molecule has 0 unspecified atom stereocenters. The van der Waals surface area contributed by atoms with Crippen LogP contribution >= 0.6 is 34.5 Å². The fourth-order valence-corrected chi connectivity index (χ4v) is 2.27. The van der Waals surface area contributed by atoms with Crippen LogP contribution in [0.4, 0.5) is 5.82 Å². The number of aryl methyl sites for hydroxylation is 1. The van der Waals surface area contributed by atoms with Gasteiger partial charge >= 0.3 is 0 Å². The van der Waals surface area contributed by atoms with Gasteiger partial charge in [-0.3, -0.25) is 0 Å². The number of nitrogens with zero attached hydrogens (tertiary/aromatic N) is 3. The fraction of sp³-hybridized carbons (Fsp3) is 0.222. The van der Waals surface area contributed by atoms with E-state index >= 15 is 0 Å². The second kappa shape index (κ2) is 4.95. The Morgan fingerprint density at radius 2 is 2.19 bits per heavy atom. The number of hydrogen-bond donors (Lipinski definition) is 1. The summed E-state index contributed by atoms with van der Waals surface area (Å²) in [6.45, 7) is 2.71. The predicted octanol–water partition coefficient (Wildman–Crippen LogP) is 3.16. The highest BCUT2D eigenvalue weighted by Gasteiger charge is 2.06. The lowest BCUT2D eigenvalue weighted by molar-refractivity contribution is 0.960. The van der Waals surface area contributed by atoms with Gasteiger partial charge in [0.25, 0.3) is 0 Å². The molecule has 0 fully saturated rings. The number of rotatable bonds is 3. The average molecular weight is 275 g/mol. The summed E-state index contributed by atoms with van der Waals surface area (Å²) in [5.41, 5.74) is 1.24. The van der Waals surface area contributed by atoms with Gasteiger partial charge in [-0.15, -0.1) is 21.5 Å². The smallest absolute Gasteiger partial charge is 0.245 e. The normalized spacial score (nSPS) is 10.4. The maximum atomic E-state index is 5.82. The molecule has 4 nitrogen and oxygen atoms in total. The van der Waals surface area contributed by atoms with E-state index in [4.69, 9.17) is 23.2 Å². The molecule has 0 aromatic carbocycles. The molecule has 84 valence electrons. The van der Waals surface area contributed by atoms with Gasteiger partial charge in [-0.25, -0.2) is 0 Å². The molecule has 0 spiro atoms. The van der Waals surface area contributed by atoms with Crippen LogP contribution < -0.4 is 5.32 Å². The number of halogens is 2. The first-order chi connectivity index (χ1) is 7.66. The van der Waals surface area contributed by atoms with Crippen LogP contribution in [0.5, 0.6) is 0 Å². The first-order valence-electron chi connectivity index (χ1n) is 4.49. The van der Waals surface area contributed by atoms with Crippen LogP contribution in [0.2, 0.25) is 10.4 Å². The third-order valence-electron chi connectivity index (χ3n) is 2.00. The second-order valence-corrected chi connectivity index (χ2v) is 4.80. The molecule has 0 atom stereocenters. The lowest BCUT2D eigenvalue weighted by Gasteiger charge is -2.05. The molecule has 7 heteroatoms. The second-order valence-electron chi connectivity index (χ2n) is 3.10. The maximum Gasteiger partial charge on any atom is 0.245 e. The van der Waals surface area contributed by atoms with E-state index < -0.39 is 0 Å². The quantitative estimate of drug-likeness (QED) is 0.934. The van der Waals surface area contributed by atoms with E-state index in [-0.39, 0.29) is 10.4 Å². The number of hydrogen-bond acceptors (Lipinski definition) is 5. The van der Waals surface area contributed by atoms with Crippen molar-refractivity contribution in [2.45, 2.75) is 13.5 Å². The van der Waals surface area contributed by atoms with Gasteiger partial charge in [0, 0.05) is 4.88 Å². The van der Waals surface area contributed by atoms with Crippen LogP contribution in [0.15, 0.2) is 11.4 Å². The zero-order valence-corrected chi connectivity index (χ0v) is 10.7. The highest BCUT2D eigenvalue weighted by atomic mass is 35.5. The van der Waals surface area contributed by atoms with Crippen molar-refractivity contribution in [1.82, 2.24) is 15.2 Å². The average Bonchev–Trinajstić information content (AvgIpc) is 2.66. The monoisotopic (exact) mass is 274 g/mol. The summed E-state index contributed by atoms with van der Waals surface area (Å²) in [6.07, 6.45) is 0. The number of anilines is 1. The van der Waals surface area contributed by atoms with Gasteiger partial charge in [-0.1, -0.05) is 11.6 Å². The summed E-state index contributed by atoms with van der Waals surface area (Å²) in [5, 5.41) is 12.6. The first-order valence-corrected chi connectivity index (χ1v) is 6.13. The van der Waals surface area contributed by atoms with Crippen molar-refractivity contribution in [3.8, 4) is 0 Å². The predicted molar refractivity (Wildman–Crippen MR) is 66.2 cm³/mol. The molecule has 16 heavy (non-hydrogen) atoms. The summed E-state index contributed by atoms with van der Waals surface area (Å²) < 4.78 is 0. The SMILES string of the molecule is Cc1ccsc1CNc1nc(Cl)nnc1Cl. The van der Waals surface area contributed by atoms with E-state index in [1.807, 2.05) is 5.38 Å². The Kier molecular flexibility index (Phi) is 3.58. The topological polar surface area (TPSA) is 50.7 Å². The molecule has 0 radical (unpaired) electrons. The Balaban J connectivity index is 2.10. The van der Waals surface area contributed by atoms with Crippen molar-refractivity contribution >= 4 is 40.4 Å². The Hall–Kier alpha value is -0.910. The minimum absolute atomic E-state index is 0.0785. The van der Waals surface area contributed by atoms with Crippen molar-refractivity contribution < 1.29 is 0 Å². The molecule has 0 amide bonds. The van der Waals surface area contributed by atoms with Crippen LogP contribution in [-0.2, 0) is 6.54 Å². The number of aromatic nitrogens is 3. The van der Waals surface area contributed by atoms with Gasteiger partial charge < -0.3 is 5.32 Å². The largest absolute Gasteiger partial charge is 0.362 e. The fourth-order valence-electron chi connectivity index (χ4n) is 1.15. The van der Waals surface area contributed by atoms with E-state index in [1.165, 1.54) is 10.4 Å². The molecule has 0 aliphatic carbocycles. The zero-order valence-electron chi connectivity index (χ0n) is 8.37. The molecule has 0 aliphatic heterocycles. The van der Waals surface area contributed by atoms with Crippen LogP contribution in [0.1, 0.15) is 10.4 Å². The summed E-state index contributed by atoms with van der Waals surface area (Å²) in [7, 11) is 0. The molecular formula is C9H8Cl2N4S. The molecule has 2 aromatic rings. The van der Waals surface area contributed by atoms with E-state index in [2.05, 4.69) is 33.5 Å². The molecule has 0 aliphatic rings. The molecule has 0 saturated heterocycles. The van der Waals surface area contributed by atoms with E-state index in [9.17, 15) is 0 Å². The van der Waals surface area contributed by atoms with E-state index in [0.29, 0.717) is 12.4 Å². The Labute approximate surface area is 107 Å². The summed E-state index contributed by atoms with van der Waals surface area (Å²) in [5.74, 6) is 0.453. The Bertz CT molecular complexity index is 500. The van der Waals surface area contributed by atoms with Crippen molar-refractivity contribution in [3.63, 3.8) is 0 Å². The zero-order chi connectivity index (χ0) is 11.5. The standard InChI is InChI=1S/C9H8Cl2N4S/c1-5-2-3-16-6(5)4-12-8-7(10)14-15-9(11)13-8/h2-3H,4H2,1H3,(H,12,13,15). The lowest BCUT2D eigenvalue weighted by atomic mass is 10.3. The highest BCUT2D eigenvalue weighted by Crippen LogP contribution is 2.20. The van der Waals surface area contributed by atoms with E-state index in [0.717, 1.165) is 0 Å². The van der Waals surface area contributed by atoms with Gasteiger partial charge in [0.05, 0.1) is 6.54 Å². The van der Waals surface area contributed by atoms with Crippen LogP contribution in [0, 0.1) is 6.92 Å². The first kappa shape index (κ1) is 11.6. The van der Waals surface area contributed by atoms with Crippen molar-refractivity contribution in [1.29, 1.82) is 0 Å². The van der Waals surface area contributed by atoms with Crippen LogP contribution in [0.3, 0.4) is 0 Å². The summed E-state index contributed by atoms with van der Waals surface area (Å²) in [6, 6.07) is 2.06. The van der Waals surface area contributed by atoms with Crippen molar-refractivity contribution in [2.24, 2.45) is 0 Å². The third-order valence-corrected chi connectivity index (χ3v) is 3.44. The molecule has 2 aromatic heterocycles. The molecule has 0 bridgehead atoms. The Morgan fingerprint density at radius 3 is 2.88 bits per heavy atom. The van der Waals surface area contributed by atoms with Gasteiger partial charge in [0.1, 0.15) is 0 Å². The third kappa shape index (κ3) is 2.61. The number of nitrogens with one attached hydrogen (secondary N) is 1. The minimum atomic E-state index is 0.0785. The van der Waals surface area contributed by atoms with Gasteiger partial charge in [0.15, 0.2) is 11.0 Å². The molecule has 1 N–H and O–H groups in total. The summed E-state index contributed by atoms with van der Waals surface area (Å²) in [4.78, 5) is 5.18. The van der Waals surface area contributed by atoms with Gasteiger partial charge in [-0.2, -0.15) is 4.98 Å². The van der Waals surface area contributed by atoms with Gasteiger partial charge in [0.2, 0.25) is 5.28 Å². The molecule has 2 heterocycles. The number of thiophene rings is 1. The Morgan fingerprint density at radius 1 is 1.38 bits per heavy atom. The van der Waals surface area contributed by atoms with Crippen molar-refractivity contribution in [2.75, 3.05) is 5.32 Å². The van der Waals surface area contributed by atoms with Crippen LogP contribution in [-0.4, -0.2) is 15.2 Å². The molecule has 2 rings (SSSR count). The molecular weight excluding hydrogens is 267 g/mol. The summed E-state index contributed by atoms with van der Waals surface area (Å²) >= 11 is 13.1. The van der Waals surface area contributed by atoms with Crippen molar-refractivity contribution in [3.05, 3.63) is 32.3 Å². The minimum Gasteiger partial charge on any atom is -0.362 e. The lowest BCUT2D eigenvalue weighted by Crippen LogP contribution is -2.03. The highest BCUT2D eigenvalue weighted by molar-refractivity contribution is 7.10. The van der Waals surface area contributed by atoms with E-state index in [1.54, 1.807) is 11.3 Å². The van der Waals surface area contributed by atoms with Crippen LogP contribution in [0.25, 0.3) is 0 Å².